The van der Waals surface area contributed by atoms with Crippen LogP contribution in [0.25, 0.3) is 0 Å². The highest BCUT2D eigenvalue weighted by Gasteiger charge is 2.43. The third-order valence-corrected chi connectivity index (χ3v) is 5.39. The van der Waals surface area contributed by atoms with Crippen LogP contribution in [0.3, 0.4) is 0 Å². The van der Waals surface area contributed by atoms with Gasteiger partial charge in [0.1, 0.15) is 0 Å². The van der Waals surface area contributed by atoms with Crippen LogP contribution in [0, 0.1) is 11.3 Å². The Morgan fingerprint density at radius 2 is 1.65 bits per heavy atom. The van der Waals surface area contributed by atoms with Crippen LogP contribution in [0.2, 0.25) is 0 Å². The molecule has 0 amide bonds. The summed E-state index contributed by atoms with van der Waals surface area (Å²) in [5, 5.41) is 9.88. The van der Waals surface area contributed by atoms with E-state index in [1.54, 1.807) is 0 Å². The highest BCUT2D eigenvalue weighted by molar-refractivity contribution is 4.97. The van der Waals surface area contributed by atoms with E-state index in [9.17, 15) is 5.11 Å². The number of aliphatic hydroxyl groups excluding tert-OH is 1. The second-order valence-electron chi connectivity index (χ2n) is 6.84. The summed E-state index contributed by atoms with van der Waals surface area (Å²) in [5.41, 5.74) is 0.695. The third kappa shape index (κ3) is 2.53. The van der Waals surface area contributed by atoms with Gasteiger partial charge in [0.05, 0.1) is 6.10 Å². The molecule has 1 N–H and O–H groups in total. The highest BCUT2D eigenvalue weighted by Crippen LogP contribution is 2.43. The van der Waals surface area contributed by atoms with Crippen molar-refractivity contribution < 1.29 is 5.11 Å². The molecule has 98 valence electrons. The van der Waals surface area contributed by atoms with E-state index in [4.69, 9.17) is 0 Å². The average molecular weight is 237 g/mol. The molecule has 2 atom stereocenters. The van der Waals surface area contributed by atoms with E-state index in [1.807, 2.05) is 0 Å². The van der Waals surface area contributed by atoms with E-state index >= 15 is 0 Å². The maximum Gasteiger partial charge on any atom is 0.0580 e. The zero-order chi connectivity index (χ0) is 11.7. The molecule has 0 bridgehead atoms. The molecule has 0 aromatic heterocycles. The summed E-state index contributed by atoms with van der Waals surface area (Å²) in [6.07, 6.45) is 12.3. The van der Waals surface area contributed by atoms with E-state index in [0.717, 1.165) is 6.42 Å². The summed E-state index contributed by atoms with van der Waals surface area (Å²) in [6.45, 7) is 3.83. The molecule has 2 saturated carbocycles. The maximum atomic E-state index is 9.88. The first-order valence-corrected chi connectivity index (χ1v) is 7.68. The predicted molar refractivity (Wildman–Crippen MR) is 69.9 cm³/mol. The Kier molecular flexibility index (Phi) is 3.45. The van der Waals surface area contributed by atoms with Gasteiger partial charge in [-0.25, -0.2) is 0 Å². The van der Waals surface area contributed by atoms with Gasteiger partial charge in [-0.2, -0.15) is 0 Å². The molecule has 1 aliphatic heterocycles. The molecule has 17 heavy (non-hydrogen) atoms. The first kappa shape index (κ1) is 12.0. The smallest absolute Gasteiger partial charge is 0.0580 e. The van der Waals surface area contributed by atoms with E-state index < -0.39 is 0 Å². The van der Waals surface area contributed by atoms with Gasteiger partial charge in [-0.15, -0.1) is 0 Å². The monoisotopic (exact) mass is 237 g/mol. The first-order chi connectivity index (χ1) is 8.27. The summed E-state index contributed by atoms with van der Waals surface area (Å²) in [5.74, 6) is 0.582. The van der Waals surface area contributed by atoms with Crippen LogP contribution in [0.1, 0.15) is 57.8 Å². The van der Waals surface area contributed by atoms with Crippen molar-refractivity contribution in [2.24, 2.45) is 11.3 Å². The molecule has 2 aliphatic carbocycles. The molecule has 2 nitrogen and oxygen atoms in total. The summed E-state index contributed by atoms with van der Waals surface area (Å²) in [6, 6.07) is 0. The summed E-state index contributed by atoms with van der Waals surface area (Å²) in [4.78, 5) is 2.62. The Morgan fingerprint density at radius 1 is 0.941 bits per heavy atom. The van der Waals surface area contributed by atoms with E-state index in [1.165, 1.54) is 71.0 Å². The van der Waals surface area contributed by atoms with Crippen molar-refractivity contribution >= 4 is 0 Å². The van der Waals surface area contributed by atoms with Crippen molar-refractivity contribution in [2.45, 2.75) is 63.9 Å². The van der Waals surface area contributed by atoms with Gasteiger partial charge < -0.3 is 10.0 Å². The molecule has 1 heterocycles. The lowest BCUT2D eigenvalue weighted by Crippen LogP contribution is -2.57. The van der Waals surface area contributed by atoms with Crippen LogP contribution in [0.4, 0.5) is 0 Å². The van der Waals surface area contributed by atoms with Gasteiger partial charge in [0.2, 0.25) is 0 Å². The topological polar surface area (TPSA) is 23.5 Å². The summed E-state index contributed by atoms with van der Waals surface area (Å²) < 4.78 is 0. The predicted octanol–water partition coefficient (Wildman–Crippen LogP) is 2.80. The molecule has 0 radical (unpaired) electrons. The van der Waals surface area contributed by atoms with Crippen molar-refractivity contribution in [2.75, 3.05) is 19.6 Å². The minimum absolute atomic E-state index is 0.000633. The van der Waals surface area contributed by atoms with Gasteiger partial charge in [-0.05, 0) is 37.0 Å². The fourth-order valence-electron chi connectivity index (χ4n) is 4.39. The molecule has 1 spiro atoms. The normalized spacial score (nSPS) is 37.9. The van der Waals surface area contributed by atoms with Gasteiger partial charge in [0, 0.05) is 19.6 Å². The van der Waals surface area contributed by atoms with Crippen LogP contribution in [0.5, 0.6) is 0 Å². The van der Waals surface area contributed by atoms with E-state index in [0.29, 0.717) is 11.3 Å². The lowest BCUT2D eigenvalue weighted by atomic mass is 9.73. The highest BCUT2D eigenvalue weighted by atomic mass is 16.3. The molecule has 3 fully saturated rings. The molecule has 3 aliphatic rings. The van der Waals surface area contributed by atoms with Crippen molar-refractivity contribution in [3.63, 3.8) is 0 Å². The number of rotatable bonds is 2. The zero-order valence-corrected chi connectivity index (χ0v) is 11.0. The van der Waals surface area contributed by atoms with Crippen LogP contribution in [0.15, 0.2) is 0 Å². The van der Waals surface area contributed by atoms with Crippen molar-refractivity contribution in [1.29, 1.82) is 0 Å². The van der Waals surface area contributed by atoms with Gasteiger partial charge >= 0.3 is 0 Å². The summed E-state index contributed by atoms with van der Waals surface area (Å²) >= 11 is 0. The molecule has 1 saturated heterocycles. The Hall–Kier alpha value is -0.0800. The largest absolute Gasteiger partial charge is 0.393 e. The molecule has 0 aromatic carbocycles. The Morgan fingerprint density at radius 3 is 2.24 bits per heavy atom. The Labute approximate surface area is 105 Å². The van der Waals surface area contributed by atoms with Crippen LogP contribution >= 0.6 is 0 Å². The average Bonchev–Trinajstić information content (AvgIpc) is 2.53. The number of aliphatic hydroxyl groups is 1. The van der Waals surface area contributed by atoms with Crippen LogP contribution in [-0.2, 0) is 0 Å². The molecular weight excluding hydrogens is 210 g/mol. The van der Waals surface area contributed by atoms with Crippen molar-refractivity contribution in [1.82, 2.24) is 4.90 Å². The molecular formula is C15H27NO. The lowest BCUT2D eigenvalue weighted by molar-refractivity contribution is -0.0321. The van der Waals surface area contributed by atoms with Gasteiger partial charge in [0.25, 0.3) is 0 Å². The van der Waals surface area contributed by atoms with Gasteiger partial charge in [-0.1, -0.05) is 32.1 Å². The molecule has 2 heteroatoms. The lowest BCUT2D eigenvalue weighted by Gasteiger charge is -2.51. The number of nitrogens with zero attached hydrogens (tertiary/aromatic N) is 1. The van der Waals surface area contributed by atoms with Crippen molar-refractivity contribution in [3.05, 3.63) is 0 Å². The number of likely N-dealkylation sites (tertiary alicyclic amines) is 1. The quantitative estimate of drug-likeness (QED) is 0.798. The van der Waals surface area contributed by atoms with E-state index in [2.05, 4.69) is 4.90 Å². The van der Waals surface area contributed by atoms with Crippen molar-refractivity contribution in [3.8, 4) is 0 Å². The van der Waals surface area contributed by atoms with E-state index in [-0.39, 0.29) is 6.10 Å². The molecule has 0 aromatic rings. The van der Waals surface area contributed by atoms with Crippen LogP contribution in [-0.4, -0.2) is 35.7 Å². The first-order valence-electron chi connectivity index (χ1n) is 7.68. The fourth-order valence-corrected chi connectivity index (χ4v) is 4.39. The fraction of sp³-hybridized carbons (Fsp3) is 1.00. The van der Waals surface area contributed by atoms with Gasteiger partial charge in [-0.3, -0.25) is 0 Å². The Balaban J connectivity index is 1.47. The second-order valence-corrected chi connectivity index (χ2v) is 6.84. The second kappa shape index (κ2) is 4.89. The summed E-state index contributed by atoms with van der Waals surface area (Å²) in [7, 11) is 0. The SMILES string of the molecule is OC1CCCC1CN1CC2(CCCCCC2)C1. The standard InChI is InChI=1S/C15H27NO/c17-14-7-5-6-13(14)10-16-11-15(12-16)8-3-1-2-4-9-15/h13-14,17H,1-12H2. The Bertz CT molecular complexity index is 250. The third-order valence-electron chi connectivity index (χ3n) is 5.39. The molecule has 2 unspecified atom stereocenters. The number of hydrogen-bond acceptors (Lipinski definition) is 2. The number of hydrogen-bond donors (Lipinski definition) is 1. The van der Waals surface area contributed by atoms with Crippen LogP contribution < -0.4 is 0 Å². The minimum Gasteiger partial charge on any atom is -0.393 e. The maximum absolute atomic E-state index is 9.88. The molecule has 3 rings (SSSR count). The minimum atomic E-state index is 0.000633. The zero-order valence-electron chi connectivity index (χ0n) is 11.0. The van der Waals surface area contributed by atoms with Gasteiger partial charge in [0.15, 0.2) is 0 Å².